The van der Waals surface area contributed by atoms with Gasteiger partial charge in [0.1, 0.15) is 23.0 Å². The summed E-state index contributed by atoms with van der Waals surface area (Å²) in [5.74, 6) is 3.34. The van der Waals surface area contributed by atoms with E-state index in [0.717, 1.165) is 187 Å². The summed E-state index contributed by atoms with van der Waals surface area (Å²) in [6.45, 7) is 2.50. The third-order valence-corrected chi connectivity index (χ3v) is 15.6. The van der Waals surface area contributed by atoms with Gasteiger partial charge in [-0.3, -0.25) is 9.98 Å². The minimum absolute atomic E-state index is 0.624. The maximum Gasteiger partial charge on any atom is 0.119 e. The van der Waals surface area contributed by atoms with E-state index in [4.69, 9.17) is 38.9 Å². The number of nitrogens with zero attached hydrogens (tertiary/aromatic N) is 4. The van der Waals surface area contributed by atoms with Crippen molar-refractivity contribution < 1.29 is 18.9 Å². The Morgan fingerprint density at radius 2 is 0.636 bits per heavy atom. The van der Waals surface area contributed by atoms with Crippen molar-refractivity contribution in [3.05, 3.63) is 310 Å². The van der Waals surface area contributed by atoms with Crippen LogP contribution in [0.1, 0.15) is 108 Å². The Labute approximate surface area is 513 Å². The Bertz CT molecular complexity index is 3900. The number of H-pyrrole nitrogens is 4. The lowest BCUT2D eigenvalue weighted by Crippen LogP contribution is -1.99. The van der Waals surface area contributed by atoms with Crippen molar-refractivity contribution in [2.75, 3.05) is 26.4 Å². The first-order chi connectivity index (χ1) is 43.6. The van der Waals surface area contributed by atoms with Crippen molar-refractivity contribution in [3.8, 4) is 23.0 Å². The second-order valence-corrected chi connectivity index (χ2v) is 21.7. The fourth-order valence-electron chi connectivity index (χ4n) is 11.2. The Morgan fingerprint density at radius 1 is 0.307 bits per heavy atom. The number of hydrogen-bond donors (Lipinski definition) is 4. The molecule has 0 unspecified atom stereocenters. The molecule has 12 nitrogen and oxygen atoms in total. The molecule has 0 atom stereocenters. The summed E-state index contributed by atoms with van der Waals surface area (Å²) in [7, 11) is 0. The molecule has 16 bridgehead atoms. The quantitative estimate of drug-likeness (QED) is 0.128. The molecule has 12 heteroatoms. The van der Waals surface area contributed by atoms with Gasteiger partial charge >= 0.3 is 0 Å². The van der Waals surface area contributed by atoms with Crippen molar-refractivity contribution in [2.24, 2.45) is 20.0 Å². The highest BCUT2D eigenvalue weighted by Crippen LogP contribution is 2.37. The number of nitrogens with one attached hydrogen (secondary N) is 4. The van der Waals surface area contributed by atoms with E-state index in [1.54, 1.807) is 0 Å². The van der Waals surface area contributed by atoms with Gasteiger partial charge < -0.3 is 38.9 Å². The number of aromatic nitrogens is 4. The second kappa shape index (κ2) is 27.5. The highest BCUT2D eigenvalue weighted by Gasteiger charge is 2.22. The van der Waals surface area contributed by atoms with Gasteiger partial charge in [0.2, 0.25) is 0 Å². The molecular formula is C76H68N8O4. The maximum atomic E-state index is 6.22. The fourth-order valence-corrected chi connectivity index (χ4v) is 11.2. The molecule has 0 saturated heterocycles. The zero-order valence-corrected chi connectivity index (χ0v) is 49.0. The van der Waals surface area contributed by atoms with Gasteiger partial charge in [-0.05, 0) is 219 Å². The molecule has 0 spiro atoms. The van der Waals surface area contributed by atoms with Gasteiger partial charge in [-0.25, -0.2) is 9.98 Å². The molecule has 19 rings (SSSR count). The minimum Gasteiger partial charge on any atom is -0.494 e. The van der Waals surface area contributed by atoms with Crippen LogP contribution in [0.3, 0.4) is 0 Å². The van der Waals surface area contributed by atoms with Crippen LogP contribution in [0.4, 0.5) is 0 Å². The SMILES string of the molecule is C1=C/C(=C2\c3ccc(cc3)OCCCC=CCCCOc3ccc(cc3)/C(=C3/C=CC=N3)c3ccc([nH]3)C3=NC(=C(c4ccc[nH]4)c4ccc(cc4)OCCCC=CCCCOc4ccc(cc4)/C(c4ccc[nH]4)=C4\C=CC(=N4)c4ccc2[nH]4)C=C3)N=C1. The standard InChI is InChI=1S/C76H68N8O4/c1-2-6-10-50-86-58-31-23-54(24-32-58)74(66-18-14-46-78-66)70-42-38-63(82-70)64-40-44-72(84-64)76(68-20-16-48-80-68)56-27-35-60(36-28-56)88-52-12-8-4-3-7-11-51-87-59-33-25-55(26-34-59)75(67-19-15-47-79-67)71-43-39-62(83-71)61-37-41-69(81-61)73(65-17-13-45-77-65)53-21-29-57(30-22-53)85-49-9-5-1/h1-4,13-48,77-78,83-84H,5-12,49-52H2/b2-1?,4-3?,73-69-,74-70?,75-67-,76-68+. The van der Waals surface area contributed by atoms with Crippen molar-refractivity contribution in [1.29, 1.82) is 0 Å². The molecule has 0 amide bonds. The lowest BCUT2D eigenvalue weighted by molar-refractivity contribution is 0.310. The van der Waals surface area contributed by atoms with Crippen molar-refractivity contribution in [2.45, 2.75) is 51.4 Å². The molecule has 4 N–H and O–H groups in total. The highest BCUT2D eigenvalue weighted by molar-refractivity contribution is 6.12. The van der Waals surface area contributed by atoms with E-state index in [2.05, 4.69) is 153 Å². The molecule has 4 aromatic carbocycles. The zero-order valence-electron chi connectivity index (χ0n) is 49.0. The molecule has 0 fully saturated rings. The van der Waals surface area contributed by atoms with Gasteiger partial charge in [0.05, 0.1) is 72.0 Å². The first kappa shape index (κ1) is 56.4. The molecular weight excluding hydrogens is 1090 g/mol. The number of hydrogen-bond acceptors (Lipinski definition) is 8. The monoisotopic (exact) mass is 1160 g/mol. The Kier molecular flexibility index (Phi) is 17.7. The van der Waals surface area contributed by atoms with E-state index in [0.29, 0.717) is 26.4 Å². The normalized spacial score (nSPS) is 19.4. The number of ether oxygens (including phenoxy) is 4. The Balaban J connectivity index is 0.697. The van der Waals surface area contributed by atoms with E-state index >= 15 is 0 Å². The first-order valence-corrected chi connectivity index (χ1v) is 30.5. The number of rotatable bonds is 2. The molecule has 88 heavy (non-hydrogen) atoms. The summed E-state index contributed by atoms with van der Waals surface area (Å²) in [4.78, 5) is 34.1. The van der Waals surface area contributed by atoms with Gasteiger partial charge in [-0.1, -0.05) is 72.8 Å². The van der Waals surface area contributed by atoms with Crippen LogP contribution in [0, 0.1) is 0 Å². The topological polar surface area (TPSA) is 150 Å². The molecule has 436 valence electrons. The van der Waals surface area contributed by atoms with Crippen LogP contribution in [-0.4, -0.2) is 70.2 Å². The molecule has 0 saturated carbocycles. The number of aromatic amines is 4. The lowest BCUT2D eigenvalue weighted by atomic mass is 10.0. The van der Waals surface area contributed by atoms with Crippen molar-refractivity contribution in [1.82, 2.24) is 19.9 Å². The van der Waals surface area contributed by atoms with Gasteiger partial charge in [0.15, 0.2) is 0 Å². The van der Waals surface area contributed by atoms with Crippen LogP contribution in [0.2, 0.25) is 0 Å². The third-order valence-electron chi connectivity index (χ3n) is 15.6. The molecule has 0 radical (unpaired) electrons. The third kappa shape index (κ3) is 13.5. The smallest absolute Gasteiger partial charge is 0.119 e. The van der Waals surface area contributed by atoms with Crippen LogP contribution in [0.15, 0.2) is 274 Å². The van der Waals surface area contributed by atoms with E-state index in [1.165, 1.54) is 0 Å². The van der Waals surface area contributed by atoms with E-state index in [-0.39, 0.29) is 0 Å². The zero-order chi connectivity index (χ0) is 59.1. The van der Waals surface area contributed by atoms with Gasteiger partial charge in [-0.15, -0.1) is 0 Å². The summed E-state index contributed by atoms with van der Waals surface area (Å²) >= 11 is 0. The van der Waals surface area contributed by atoms with Crippen LogP contribution in [-0.2, 0) is 0 Å². The molecule has 4 aromatic heterocycles. The largest absolute Gasteiger partial charge is 0.494 e. The van der Waals surface area contributed by atoms with Gasteiger partial charge in [-0.2, -0.15) is 0 Å². The van der Waals surface area contributed by atoms with E-state index < -0.39 is 0 Å². The van der Waals surface area contributed by atoms with Crippen molar-refractivity contribution in [3.63, 3.8) is 0 Å². The molecule has 8 aromatic rings. The summed E-state index contributed by atoms with van der Waals surface area (Å²) < 4.78 is 24.9. The van der Waals surface area contributed by atoms with Gasteiger partial charge in [0.25, 0.3) is 0 Å². The predicted octanol–water partition coefficient (Wildman–Crippen LogP) is 16.9. The van der Waals surface area contributed by atoms with Crippen LogP contribution >= 0.6 is 0 Å². The number of aliphatic imine (C=N–C) groups is 4. The van der Waals surface area contributed by atoms with E-state index in [9.17, 15) is 0 Å². The molecule has 11 aliphatic heterocycles. The molecule has 15 heterocycles. The summed E-state index contributed by atoms with van der Waals surface area (Å²) in [6, 6.07) is 49.8. The Hall–Kier alpha value is -10.7. The summed E-state index contributed by atoms with van der Waals surface area (Å²) in [5.41, 5.74) is 19.1. The summed E-state index contributed by atoms with van der Waals surface area (Å²) in [6.07, 6.45) is 40.3. The molecule has 11 aliphatic rings. The highest BCUT2D eigenvalue weighted by atomic mass is 16.5. The average Bonchev–Trinajstić information content (AvgIpc) is 2.88. The number of benzene rings is 4. The van der Waals surface area contributed by atoms with Crippen LogP contribution in [0.25, 0.3) is 22.3 Å². The van der Waals surface area contributed by atoms with Crippen LogP contribution in [0.5, 0.6) is 23.0 Å². The maximum absolute atomic E-state index is 6.22. The van der Waals surface area contributed by atoms with Crippen molar-refractivity contribution >= 4 is 46.1 Å². The van der Waals surface area contributed by atoms with E-state index in [1.807, 2.05) is 110 Å². The molecule has 0 aliphatic carbocycles. The predicted molar refractivity (Wildman–Crippen MR) is 357 cm³/mol. The fraction of sp³-hybridized carbons (Fsp3) is 0.158. The second-order valence-electron chi connectivity index (χ2n) is 21.7. The van der Waals surface area contributed by atoms with Gasteiger partial charge in [0, 0.05) is 69.9 Å². The summed E-state index contributed by atoms with van der Waals surface area (Å²) in [5, 5.41) is 0. The minimum atomic E-state index is 0.624. The van der Waals surface area contributed by atoms with Crippen LogP contribution < -0.4 is 18.9 Å². The average molecular weight is 1160 g/mol. The lowest BCUT2D eigenvalue weighted by Gasteiger charge is -2.11. The number of allylic oxidation sites excluding steroid dienone is 12. The Morgan fingerprint density at radius 3 is 0.943 bits per heavy atom. The first-order valence-electron chi connectivity index (χ1n) is 30.5.